The second-order valence-corrected chi connectivity index (χ2v) is 9.01. The van der Waals surface area contributed by atoms with Gasteiger partial charge in [-0.05, 0) is 44.7 Å². The summed E-state index contributed by atoms with van der Waals surface area (Å²) in [5.74, 6) is 1.27. The van der Waals surface area contributed by atoms with E-state index in [0.717, 1.165) is 49.1 Å². The summed E-state index contributed by atoms with van der Waals surface area (Å²) < 4.78 is 2.10. The molecule has 0 bridgehead atoms. The number of para-hydroxylation sites is 2. The van der Waals surface area contributed by atoms with Gasteiger partial charge in [-0.15, -0.1) is 0 Å². The number of aryl methyl sites for hydroxylation is 1. The van der Waals surface area contributed by atoms with Crippen LogP contribution in [0, 0.1) is 5.92 Å². The van der Waals surface area contributed by atoms with Crippen molar-refractivity contribution in [2.45, 2.75) is 57.2 Å². The number of nitrogens with zero attached hydrogens (tertiary/aromatic N) is 4. The molecule has 0 spiro atoms. The molecule has 3 aliphatic rings. The van der Waals surface area contributed by atoms with E-state index < -0.39 is 0 Å². The van der Waals surface area contributed by atoms with Gasteiger partial charge >= 0.3 is 0 Å². The molecule has 1 aliphatic carbocycles. The summed E-state index contributed by atoms with van der Waals surface area (Å²) >= 11 is 0. The Morgan fingerprint density at radius 3 is 2.87 bits per heavy atom. The summed E-state index contributed by atoms with van der Waals surface area (Å²) in [6.45, 7) is 4.20. The molecule has 2 aromatic rings. The summed E-state index contributed by atoms with van der Waals surface area (Å²) in [6, 6.07) is 8.49. The molecule has 2 saturated heterocycles. The van der Waals surface area contributed by atoms with Crippen LogP contribution in [0.15, 0.2) is 24.3 Å². The third kappa shape index (κ3) is 3.51. The van der Waals surface area contributed by atoms with Gasteiger partial charge in [0.1, 0.15) is 11.9 Å². The van der Waals surface area contributed by atoms with Gasteiger partial charge in [0.25, 0.3) is 0 Å². The minimum atomic E-state index is -0.0392. The Bertz CT molecular complexity index is 988. The van der Waals surface area contributed by atoms with Gasteiger partial charge in [-0.1, -0.05) is 12.1 Å². The molecular formula is C23H32N6O2. The summed E-state index contributed by atoms with van der Waals surface area (Å²) in [5.41, 5.74) is 5.52. The molecule has 166 valence electrons. The van der Waals surface area contributed by atoms with E-state index in [4.69, 9.17) is 4.98 Å². The van der Waals surface area contributed by atoms with Crippen molar-refractivity contribution < 1.29 is 9.59 Å². The first-order chi connectivity index (χ1) is 15.1. The largest absolute Gasteiger partial charge is 0.355 e. The zero-order valence-corrected chi connectivity index (χ0v) is 18.4. The Balaban J connectivity index is 1.20. The molecule has 2 N–H and O–H groups in total. The van der Waals surface area contributed by atoms with Crippen LogP contribution in [0.4, 0.5) is 0 Å². The summed E-state index contributed by atoms with van der Waals surface area (Å²) in [5, 5.41) is 5.33. The highest BCUT2D eigenvalue weighted by molar-refractivity contribution is 5.84. The molecular weight excluding hydrogens is 392 g/mol. The number of benzene rings is 1. The van der Waals surface area contributed by atoms with Crippen LogP contribution in [0.1, 0.15) is 38.4 Å². The molecule has 1 aromatic carbocycles. The van der Waals surface area contributed by atoms with Crippen molar-refractivity contribution in [1.82, 2.24) is 30.2 Å². The molecule has 1 saturated carbocycles. The number of carbonyl (C=O) groups is 2. The normalized spacial score (nSPS) is 28.6. The fraction of sp³-hybridized carbons (Fsp3) is 0.609. The highest BCUT2D eigenvalue weighted by Gasteiger charge is 2.50. The van der Waals surface area contributed by atoms with E-state index >= 15 is 0 Å². The Hall–Kier alpha value is -2.45. The van der Waals surface area contributed by atoms with Crippen LogP contribution in [0.25, 0.3) is 11.0 Å². The molecule has 8 nitrogen and oxygen atoms in total. The van der Waals surface area contributed by atoms with E-state index in [1.54, 1.807) is 0 Å². The minimum Gasteiger partial charge on any atom is -0.355 e. The number of nitrogens with one attached hydrogen (secondary N) is 2. The molecule has 4 atom stereocenters. The van der Waals surface area contributed by atoms with Gasteiger partial charge in [0, 0.05) is 51.1 Å². The molecule has 5 rings (SSSR count). The number of piperazine rings is 1. The number of fused-ring (bicyclic) bond motifs is 4. The van der Waals surface area contributed by atoms with E-state index in [-0.39, 0.29) is 29.8 Å². The van der Waals surface area contributed by atoms with Crippen LogP contribution in [0.2, 0.25) is 0 Å². The van der Waals surface area contributed by atoms with Gasteiger partial charge < -0.3 is 14.8 Å². The number of likely N-dealkylation sites (N-methyl/N-ethyl adjacent to an activating group) is 1. The quantitative estimate of drug-likeness (QED) is 0.754. The van der Waals surface area contributed by atoms with E-state index in [1.807, 2.05) is 37.1 Å². The number of hydrazine groups is 1. The summed E-state index contributed by atoms with van der Waals surface area (Å²) in [4.78, 5) is 32.6. The van der Waals surface area contributed by atoms with Gasteiger partial charge in [0.15, 0.2) is 0 Å². The first-order valence-corrected chi connectivity index (χ1v) is 11.6. The van der Waals surface area contributed by atoms with Crippen molar-refractivity contribution in [1.29, 1.82) is 0 Å². The number of hydrogen-bond acceptors (Lipinski definition) is 5. The monoisotopic (exact) mass is 424 g/mol. The van der Waals surface area contributed by atoms with Crippen LogP contribution in [0.5, 0.6) is 0 Å². The van der Waals surface area contributed by atoms with Crippen molar-refractivity contribution in [2.24, 2.45) is 13.0 Å². The van der Waals surface area contributed by atoms with E-state index in [9.17, 15) is 9.59 Å². The molecule has 3 heterocycles. The second-order valence-electron chi connectivity index (χ2n) is 9.01. The molecule has 2 amide bonds. The Morgan fingerprint density at radius 2 is 2.06 bits per heavy atom. The smallest absolute Gasteiger partial charge is 0.241 e. The first-order valence-electron chi connectivity index (χ1n) is 11.6. The third-order valence-corrected chi connectivity index (χ3v) is 7.39. The molecule has 3 fully saturated rings. The predicted molar refractivity (Wildman–Crippen MR) is 118 cm³/mol. The lowest BCUT2D eigenvalue weighted by Crippen LogP contribution is -2.68. The average molecular weight is 425 g/mol. The SMILES string of the molecule is CCN1C(=O)C2CCNN2C2CCC(C(=O)NCCc3nc4ccccc4n3C)CC21. The third-order valence-electron chi connectivity index (χ3n) is 7.39. The second kappa shape index (κ2) is 8.24. The van der Waals surface area contributed by atoms with Gasteiger partial charge in [-0.3, -0.25) is 15.0 Å². The lowest BCUT2D eigenvalue weighted by Gasteiger charge is -2.51. The van der Waals surface area contributed by atoms with E-state index in [2.05, 4.69) is 26.4 Å². The summed E-state index contributed by atoms with van der Waals surface area (Å²) in [7, 11) is 2.02. The number of imidazole rings is 1. The number of aromatic nitrogens is 2. The Morgan fingerprint density at radius 1 is 1.23 bits per heavy atom. The highest BCUT2D eigenvalue weighted by Crippen LogP contribution is 2.37. The fourth-order valence-corrected chi connectivity index (χ4v) is 5.80. The average Bonchev–Trinajstić information content (AvgIpc) is 3.40. The topological polar surface area (TPSA) is 82.5 Å². The molecule has 1 aromatic heterocycles. The molecule has 31 heavy (non-hydrogen) atoms. The van der Waals surface area contributed by atoms with Gasteiger partial charge in [0.2, 0.25) is 11.8 Å². The molecule has 2 aliphatic heterocycles. The Kier molecular flexibility index (Phi) is 5.44. The van der Waals surface area contributed by atoms with Gasteiger partial charge in [-0.2, -0.15) is 0 Å². The van der Waals surface area contributed by atoms with Gasteiger partial charge in [0.05, 0.1) is 11.0 Å². The lowest BCUT2D eigenvalue weighted by molar-refractivity contribution is -0.155. The van der Waals surface area contributed by atoms with Crippen LogP contribution in [0.3, 0.4) is 0 Å². The van der Waals surface area contributed by atoms with E-state index in [1.165, 1.54) is 0 Å². The van der Waals surface area contributed by atoms with Crippen LogP contribution in [-0.4, -0.2) is 69.0 Å². The highest BCUT2D eigenvalue weighted by atomic mass is 16.2. The maximum Gasteiger partial charge on any atom is 0.241 e. The lowest BCUT2D eigenvalue weighted by atomic mass is 9.78. The zero-order valence-electron chi connectivity index (χ0n) is 18.4. The minimum absolute atomic E-state index is 0.0279. The summed E-state index contributed by atoms with van der Waals surface area (Å²) in [6.07, 6.45) is 4.14. The van der Waals surface area contributed by atoms with Crippen LogP contribution in [-0.2, 0) is 23.1 Å². The van der Waals surface area contributed by atoms with Gasteiger partial charge in [-0.25, -0.2) is 9.99 Å². The number of carbonyl (C=O) groups excluding carboxylic acids is 2. The van der Waals surface area contributed by atoms with Crippen LogP contribution < -0.4 is 10.7 Å². The van der Waals surface area contributed by atoms with E-state index in [0.29, 0.717) is 25.6 Å². The number of hydrogen-bond donors (Lipinski definition) is 2. The maximum atomic E-state index is 13.0. The van der Waals surface area contributed by atoms with Crippen molar-refractivity contribution in [3.05, 3.63) is 30.1 Å². The maximum absolute atomic E-state index is 13.0. The van der Waals surface area contributed by atoms with Crippen LogP contribution >= 0.6 is 0 Å². The van der Waals surface area contributed by atoms with Crippen molar-refractivity contribution in [2.75, 3.05) is 19.6 Å². The fourth-order valence-electron chi connectivity index (χ4n) is 5.80. The molecule has 8 heteroatoms. The van der Waals surface area contributed by atoms with Crippen molar-refractivity contribution in [3.8, 4) is 0 Å². The van der Waals surface area contributed by atoms with Crippen molar-refractivity contribution >= 4 is 22.8 Å². The predicted octanol–water partition coefficient (Wildman–Crippen LogP) is 1.21. The number of rotatable bonds is 5. The molecule has 0 radical (unpaired) electrons. The number of amides is 2. The first kappa shape index (κ1) is 20.5. The zero-order chi connectivity index (χ0) is 21.5. The standard InChI is InChI=1S/C23H32N6O2/c1-3-28-20-14-15(8-9-18(20)29-19(23(28)31)10-13-25-29)22(30)24-12-11-21-26-16-6-4-5-7-17(16)27(21)2/h4-7,15,18-20,25H,3,8-14H2,1-2H3,(H,24,30). The Labute approximate surface area is 182 Å². The van der Waals surface area contributed by atoms with Crippen molar-refractivity contribution in [3.63, 3.8) is 0 Å². The molecule has 4 unspecified atom stereocenters.